The predicted octanol–water partition coefficient (Wildman–Crippen LogP) is 2.16. The Kier molecular flexibility index (Phi) is 6.58. The molecule has 5 heteroatoms. The van der Waals surface area contributed by atoms with Gasteiger partial charge >= 0.3 is 0 Å². The summed E-state index contributed by atoms with van der Waals surface area (Å²) in [5, 5.41) is 3.35. The summed E-state index contributed by atoms with van der Waals surface area (Å²) in [6, 6.07) is 7.65. The Hall–Kier alpha value is -1.20. The lowest BCUT2D eigenvalue weighted by Gasteiger charge is -2.23. The summed E-state index contributed by atoms with van der Waals surface area (Å²) in [7, 11) is 0.907. The highest BCUT2D eigenvalue weighted by atomic mass is 32.2. The van der Waals surface area contributed by atoms with Gasteiger partial charge in [0, 0.05) is 42.0 Å². The molecule has 0 radical (unpaired) electrons. The van der Waals surface area contributed by atoms with Crippen molar-refractivity contribution in [3.8, 4) is 0 Å². The lowest BCUT2D eigenvalue weighted by Crippen LogP contribution is -2.30. The van der Waals surface area contributed by atoms with Gasteiger partial charge in [0.2, 0.25) is 5.91 Å². The molecule has 1 aliphatic heterocycles. The van der Waals surface area contributed by atoms with Crippen LogP contribution < -0.4 is 5.32 Å². The maximum atomic E-state index is 12.2. The molecule has 1 saturated heterocycles. The first-order valence-corrected chi connectivity index (χ1v) is 9.49. The van der Waals surface area contributed by atoms with Crippen LogP contribution in [0, 0.1) is 5.92 Å². The molecular weight excluding hydrogens is 296 g/mol. The highest BCUT2D eigenvalue weighted by Crippen LogP contribution is 2.18. The normalized spacial score (nSPS) is 17.2. The minimum absolute atomic E-state index is 0.210. The summed E-state index contributed by atoms with van der Waals surface area (Å²) in [6.07, 6.45) is 5.68. The van der Waals surface area contributed by atoms with E-state index in [0.717, 1.165) is 30.0 Å². The van der Waals surface area contributed by atoms with Crippen LogP contribution in [0.25, 0.3) is 0 Å². The van der Waals surface area contributed by atoms with Crippen molar-refractivity contribution in [3.63, 3.8) is 0 Å². The van der Waals surface area contributed by atoms with Crippen molar-refractivity contribution < 1.29 is 9.00 Å². The largest absolute Gasteiger partial charge is 0.341 e. The number of nitrogens with one attached hydrogen (secondary N) is 1. The minimum Gasteiger partial charge on any atom is -0.341 e. The van der Waals surface area contributed by atoms with Crippen molar-refractivity contribution in [1.82, 2.24) is 10.2 Å². The number of rotatable bonds is 6. The number of benzene rings is 1. The fourth-order valence-electron chi connectivity index (χ4n) is 2.84. The van der Waals surface area contributed by atoms with Gasteiger partial charge in [0.25, 0.3) is 0 Å². The first-order valence-electron chi connectivity index (χ1n) is 7.93. The Morgan fingerprint density at radius 2 is 1.91 bits per heavy atom. The Labute approximate surface area is 135 Å². The van der Waals surface area contributed by atoms with E-state index in [1.54, 1.807) is 11.2 Å². The van der Waals surface area contributed by atoms with Crippen molar-refractivity contribution in [2.45, 2.75) is 37.1 Å². The van der Waals surface area contributed by atoms with Crippen molar-refractivity contribution >= 4 is 16.7 Å². The molecule has 1 aromatic carbocycles. The molecule has 1 atom stereocenters. The Bertz CT molecular complexity index is 510. The molecule has 1 amide bonds. The van der Waals surface area contributed by atoms with Gasteiger partial charge in [0.1, 0.15) is 0 Å². The molecule has 1 fully saturated rings. The van der Waals surface area contributed by atoms with E-state index in [1.165, 1.54) is 12.8 Å². The van der Waals surface area contributed by atoms with Crippen LogP contribution in [0.1, 0.15) is 31.2 Å². The van der Waals surface area contributed by atoms with Gasteiger partial charge in [0.05, 0.1) is 0 Å². The number of carbonyl (C=O) groups excluding carboxylic acids is 1. The van der Waals surface area contributed by atoms with Gasteiger partial charge in [-0.2, -0.15) is 0 Å². The molecule has 4 nitrogen and oxygen atoms in total. The summed E-state index contributed by atoms with van der Waals surface area (Å²) in [4.78, 5) is 14.8. The summed E-state index contributed by atoms with van der Waals surface area (Å²) in [5.74, 6) is 0.902. The molecule has 1 heterocycles. The highest BCUT2D eigenvalue weighted by molar-refractivity contribution is 7.84. The molecule has 1 unspecified atom stereocenters. The van der Waals surface area contributed by atoms with Crippen LogP contribution in [-0.2, 0) is 22.1 Å². The summed E-state index contributed by atoms with van der Waals surface area (Å²) in [5.41, 5.74) is 1.08. The molecular formula is C17H26N2O2S. The molecule has 1 aliphatic rings. The van der Waals surface area contributed by atoms with Gasteiger partial charge in [-0.25, -0.2) is 0 Å². The smallest absolute Gasteiger partial charge is 0.222 e. The van der Waals surface area contributed by atoms with Crippen LogP contribution in [0.15, 0.2) is 29.2 Å². The molecule has 0 aliphatic carbocycles. The molecule has 1 aromatic rings. The monoisotopic (exact) mass is 322 g/mol. The third-order valence-corrected chi connectivity index (χ3v) is 5.26. The van der Waals surface area contributed by atoms with Crippen LogP contribution in [0.5, 0.6) is 0 Å². The maximum Gasteiger partial charge on any atom is 0.222 e. The zero-order valence-corrected chi connectivity index (χ0v) is 14.3. The third-order valence-electron chi connectivity index (χ3n) is 4.33. The van der Waals surface area contributed by atoms with Gasteiger partial charge in [-0.3, -0.25) is 9.00 Å². The van der Waals surface area contributed by atoms with E-state index in [4.69, 9.17) is 0 Å². The number of hydrogen-bond donors (Lipinski definition) is 1. The molecule has 0 spiro atoms. The fourth-order valence-corrected chi connectivity index (χ4v) is 3.36. The first-order chi connectivity index (χ1) is 10.6. The van der Waals surface area contributed by atoms with E-state index < -0.39 is 10.8 Å². The van der Waals surface area contributed by atoms with Crippen molar-refractivity contribution in [2.24, 2.45) is 5.92 Å². The average Bonchev–Trinajstić information content (AvgIpc) is 2.54. The fraction of sp³-hybridized carbons (Fsp3) is 0.588. The third kappa shape index (κ3) is 5.21. The molecule has 2 rings (SSSR count). The van der Waals surface area contributed by atoms with E-state index in [1.807, 2.05) is 31.3 Å². The van der Waals surface area contributed by atoms with E-state index in [-0.39, 0.29) is 5.91 Å². The Morgan fingerprint density at radius 1 is 1.27 bits per heavy atom. The summed E-state index contributed by atoms with van der Waals surface area (Å²) >= 11 is 0. The van der Waals surface area contributed by atoms with Gasteiger partial charge in [-0.15, -0.1) is 0 Å². The molecule has 1 N–H and O–H groups in total. The number of hydrogen-bond acceptors (Lipinski definition) is 3. The van der Waals surface area contributed by atoms with Crippen LogP contribution in [0.3, 0.4) is 0 Å². The van der Waals surface area contributed by atoms with E-state index in [9.17, 15) is 9.00 Å². The van der Waals surface area contributed by atoms with Gasteiger partial charge in [-0.1, -0.05) is 12.1 Å². The van der Waals surface area contributed by atoms with Crippen LogP contribution in [-0.4, -0.2) is 41.4 Å². The molecule has 0 bridgehead atoms. The van der Waals surface area contributed by atoms with E-state index >= 15 is 0 Å². The molecule has 122 valence electrons. The quantitative estimate of drug-likeness (QED) is 0.873. The Morgan fingerprint density at radius 3 is 2.50 bits per heavy atom. The van der Waals surface area contributed by atoms with Gasteiger partial charge in [-0.05, 0) is 56.0 Å². The van der Waals surface area contributed by atoms with E-state index in [2.05, 4.69) is 5.32 Å². The molecule has 0 aromatic heterocycles. The average molecular weight is 322 g/mol. The number of piperidine rings is 1. The van der Waals surface area contributed by atoms with E-state index in [0.29, 0.717) is 18.9 Å². The second-order valence-corrected chi connectivity index (χ2v) is 7.46. The Balaban J connectivity index is 1.78. The van der Waals surface area contributed by atoms with Gasteiger partial charge in [0.15, 0.2) is 0 Å². The zero-order chi connectivity index (χ0) is 15.9. The number of carbonyl (C=O) groups is 1. The standard InChI is InChI=1S/C17H26N2O2S/c1-19(13-15-3-6-16(7-4-15)22(2)21)17(20)8-5-14-9-11-18-12-10-14/h3-4,6-7,14,18H,5,8-13H2,1-2H3. The SMILES string of the molecule is CN(Cc1ccc(S(C)=O)cc1)C(=O)CCC1CCNCC1. The maximum absolute atomic E-state index is 12.2. The molecule has 22 heavy (non-hydrogen) atoms. The summed E-state index contributed by atoms with van der Waals surface area (Å²) in [6.45, 7) is 2.78. The van der Waals surface area contributed by atoms with Crippen molar-refractivity contribution in [3.05, 3.63) is 29.8 Å². The second-order valence-electron chi connectivity index (χ2n) is 6.08. The van der Waals surface area contributed by atoms with Crippen molar-refractivity contribution in [2.75, 3.05) is 26.4 Å². The number of nitrogens with zero attached hydrogens (tertiary/aromatic N) is 1. The first kappa shape index (κ1) is 17.2. The van der Waals surface area contributed by atoms with Crippen LogP contribution >= 0.6 is 0 Å². The predicted molar refractivity (Wildman–Crippen MR) is 90.1 cm³/mol. The second kappa shape index (κ2) is 8.44. The van der Waals surface area contributed by atoms with Crippen LogP contribution in [0.4, 0.5) is 0 Å². The molecule has 0 saturated carbocycles. The minimum atomic E-state index is -0.950. The zero-order valence-electron chi connectivity index (χ0n) is 13.5. The van der Waals surface area contributed by atoms with Gasteiger partial charge < -0.3 is 10.2 Å². The van der Waals surface area contributed by atoms with Crippen molar-refractivity contribution in [1.29, 1.82) is 0 Å². The lowest BCUT2D eigenvalue weighted by molar-refractivity contribution is -0.130. The topological polar surface area (TPSA) is 49.4 Å². The van der Waals surface area contributed by atoms with Crippen LogP contribution in [0.2, 0.25) is 0 Å². The lowest BCUT2D eigenvalue weighted by atomic mass is 9.93. The highest BCUT2D eigenvalue weighted by Gasteiger charge is 2.16. The number of amides is 1. The summed E-state index contributed by atoms with van der Waals surface area (Å²) < 4.78 is 11.4.